The first kappa shape index (κ1) is 11.0. The maximum Gasteiger partial charge on any atom is 0.333 e. The number of hydrogen-bond acceptors (Lipinski definition) is 4. The number of rotatable bonds is 2. The van der Waals surface area contributed by atoms with Gasteiger partial charge in [-0.3, -0.25) is 0 Å². The van der Waals surface area contributed by atoms with Crippen molar-refractivity contribution in [1.29, 1.82) is 0 Å². The predicted octanol–water partition coefficient (Wildman–Crippen LogP) is 0.914. The molecule has 0 saturated heterocycles. The van der Waals surface area contributed by atoms with Gasteiger partial charge in [-0.05, 0) is 32.1 Å². The maximum absolute atomic E-state index is 11.8. The molecule has 4 saturated carbocycles. The summed E-state index contributed by atoms with van der Waals surface area (Å²) in [5, 5.41) is 21.2. The zero-order valence-electron chi connectivity index (χ0n) is 10.5. The Balaban J connectivity index is 1.73. The van der Waals surface area contributed by atoms with Crippen LogP contribution >= 0.6 is 0 Å². The van der Waals surface area contributed by atoms with Crippen LogP contribution in [0.5, 0.6) is 0 Å². The van der Waals surface area contributed by atoms with Crippen LogP contribution in [0.4, 0.5) is 0 Å². The lowest BCUT2D eigenvalue weighted by molar-refractivity contribution is -0.356. The van der Waals surface area contributed by atoms with Crippen LogP contribution in [-0.2, 0) is 9.53 Å². The van der Waals surface area contributed by atoms with E-state index in [2.05, 4.69) is 6.58 Å². The van der Waals surface area contributed by atoms with Crippen molar-refractivity contribution in [3.63, 3.8) is 0 Å². The lowest BCUT2D eigenvalue weighted by Gasteiger charge is -2.74. The molecule has 98 valence electrons. The maximum atomic E-state index is 11.8. The lowest BCUT2D eigenvalue weighted by Crippen LogP contribution is -2.80. The molecule has 0 aromatic carbocycles. The summed E-state index contributed by atoms with van der Waals surface area (Å²) in [5.74, 6) is 0.0187. The highest BCUT2D eigenvalue weighted by Gasteiger charge is 2.91. The minimum atomic E-state index is -0.838. The van der Waals surface area contributed by atoms with E-state index in [1.165, 1.54) is 0 Å². The molecule has 5 unspecified atom stereocenters. The average molecular weight is 250 g/mol. The monoisotopic (exact) mass is 250 g/mol. The van der Waals surface area contributed by atoms with Crippen LogP contribution in [0.25, 0.3) is 0 Å². The summed E-state index contributed by atoms with van der Waals surface area (Å²) >= 11 is 0. The molecule has 4 heteroatoms. The van der Waals surface area contributed by atoms with Crippen LogP contribution in [0, 0.1) is 11.3 Å². The van der Waals surface area contributed by atoms with Gasteiger partial charge in [0.25, 0.3) is 0 Å². The van der Waals surface area contributed by atoms with Crippen LogP contribution in [0.15, 0.2) is 12.2 Å². The Kier molecular flexibility index (Phi) is 1.55. The normalized spacial score (nSPS) is 58.5. The molecule has 0 radical (unpaired) electrons. The number of hydrogen-bond donors (Lipinski definition) is 2. The Morgan fingerprint density at radius 2 is 2.00 bits per heavy atom. The molecular formula is C14H18O4. The molecule has 0 aromatic heterocycles. The molecule has 0 amide bonds. The van der Waals surface area contributed by atoms with Gasteiger partial charge in [-0.25, -0.2) is 4.79 Å². The highest BCUT2D eigenvalue weighted by atomic mass is 16.6. The van der Waals surface area contributed by atoms with Crippen molar-refractivity contribution in [2.45, 2.75) is 55.8 Å². The zero-order valence-corrected chi connectivity index (χ0v) is 10.5. The fraction of sp³-hybridized carbons (Fsp3) is 0.786. The molecule has 0 aromatic rings. The van der Waals surface area contributed by atoms with E-state index in [-0.39, 0.29) is 5.41 Å². The van der Waals surface area contributed by atoms with Crippen LogP contribution in [0.2, 0.25) is 0 Å². The van der Waals surface area contributed by atoms with E-state index in [0.29, 0.717) is 30.8 Å². The van der Waals surface area contributed by atoms with E-state index >= 15 is 0 Å². The van der Waals surface area contributed by atoms with Crippen molar-refractivity contribution < 1.29 is 19.7 Å². The number of ether oxygens (including phenoxy) is 1. The Morgan fingerprint density at radius 1 is 1.28 bits per heavy atom. The van der Waals surface area contributed by atoms with E-state index in [4.69, 9.17) is 4.74 Å². The first-order valence-electron chi connectivity index (χ1n) is 6.60. The Hall–Kier alpha value is -0.870. The van der Waals surface area contributed by atoms with E-state index in [9.17, 15) is 15.0 Å². The van der Waals surface area contributed by atoms with Crippen molar-refractivity contribution in [2.75, 3.05) is 0 Å². The summed E-state index contributed by atoms with van der Waals surface area (Å²) < 4.78 is 5.66. The molecule has 2 N–H and O–H groups in total. The van der Waals surface area contributed by atoms with E-state index in [1.54, 1.807) is 6.92 Å². The molecule has 0 heterocycles. The molecule has 18 heavy (non-hydrogen) atoms. The van der Waals surface area contributed by atoms with Gasteiger partial charge in [0.1, 0.15) is 5.60 Å². The molecule has 2 bridgehead atoms. The summed E-state index contributed by atoms with van der Waals surface area (Å²) in [5.41, 5.74) is -2.26. The van der Waals surface area contributed by atoms with Gasteiger partial charge in [0.2, 0.25) is 0 Å². The molecular weight excluding hydrogens is 232 g/mol. The molecule has 1 spiro atoms. The van der Waals surface area contributed by atoms with Gasteiger partial charge in [-0.15, -0.1) is 0 Å². The average Bonchev–Trinajstić information content (AvgIpc) is 2.56. The third kappa shape index (κ3) is 0.835. The topological polar surface area (TPSA) is 66.8 Å². The number of fused-ring (bicyclic) bond motifs is 1. The lowest BCUT2D eigenvalue weighted by atomic mass is 9.34. The van der Waals surface area contributed by atoms with Crippen molar-refractivity contribution in [1.82, 2.24) is 0 Å². The summed E-state index contributed by atoms with van der Waals surface area (Å²) in [6, 6.07) is 0. The largest absolute Gasteiger partial charge is 0.455 e. The molecule has 4 aliphatic rings. The van der Waals surface area contributed by atoms with Crippen LogP contribution in [0.3, 0.4) is 0 Å². The minimum absolute atomic E-state index is 0.361. The Morgan fingerprint density at radius 3 is 2.56 bits per heavy atom. The van der Waals surface area contributed by atoms with Crippen molar-refractivity contribution in [3.05, 3.63) is 12.2 Å². The molecule has 4 nitrogen and oxygen atoms in total. The summed E-state index contributed by atoms with van der Waals surface area (Å²) in [6.45, 7) is 5.23. The standard InChI is InChI=1S/C14H18O4/c1-8(2)10(15)18-13-4-9-3-12(17)5-11(16,6-13)7-14(9,12)13/h9,16-17H,1,3-7H2,2H3. The number of esters is 1. The van der Waals surface area contributed by atoms with Gasteiger partial charge >= 0.3 is 5.97 Å². The molecule has 4 aliphatic carbocycles. The number of aliphatic hydroxyl groups is 2. The highest BCUT2D eigenvalue weighted by molar-refractivity contribution is 5.87. The van der Waals surface area contributed by atoms with Gasteiger partial charge in [0, 0.05) is 23.8 Å². The number of carbonyl (C=O) groups excluding carboxylic acids is 1. The first-order chi connectivity index (χ1) is 8.26. The van der Waals surface area contributed by atoms with Crippen molar-refractivity contribution in [3.8, 4) is 0 Å². The number of carbonyl (C=O) groups is 1. The fourth-order valence-electron chi connectivity index (χ4n) is 5.65. The van der Waals surface area contributed by atoms with E-state index in [1.807, 2.05) is 0 Å². The highest BCUT2D eigenvalue weighted by Crippen LogP contribution is 2.86. The molecule has 0 aliphatic heterocycles. The predicted molar refractivity (Wildman–Crippen MR) is 62.5 cm³/mol. The van der Waals surface area contributed by atoms with Crippen LogP contribution < -0.4 is 0 Å². The third-order valence-electron chi connectivity index (χ3n) is 5.98. The molecule has 5 atom stereocenters. The van der Waals surface area contributed by atoms with Gasteiger partial charge in [-0.1, -0.05) is 6.58 Å². The second-order valence-corrected chi connectivity index (χ2v) is 7.03. The summed E-state index contributed by atoms with van der Waals surface area (Å²) in [6.07, 6.45) is 3.06. The second kappa shape index (κ2) is 2.54. The summed E-state index contributed by atoms with van der Waals surface area (Å²) in [4.78, 5) is 11.8. The summed E-state index contributed by atoms with van der Waals surface area (Å²) in [7, 11) is 0. The minimum Gasteiger partial charge on any atom is -0.455 e. The fourth-order valence-corrected chi connectivity index (χ4v) is 5.65. The van der Waals surface area contributed by atoms with E-state index < -0.39 is 22.8 Å². The quantitative estimate of drug-likeness (QED) is 0.565. The van der Waals surface area contributed by atoms with E-state index in [0.717, 1.165) is 12.8 Å². The first-order valence-corrected chi connectivity index (χ1v) is 6.60. The van der Waals surface area contributed by atoms with Crippen molar-refractivity contribution >= 4 is 5.97 Å². The smallest absolute Gasteiger partial charge is 0.333 e. The zero-order chi connectivity index (χ0) is 13.0. The molecule has 4 fully saturated rings. The molecule has 4 rings (SSSR count). The van der Waals surface area contributed by atoms with Gasteiger partial charge in [0.15, 0.2) is 0 Å². The SMILES string of the molecule is C=C(C)C(=O)OC12CC3CC4(O)CC(O)(C1)CC342. The van der Waals surface area contributed by atoms with Crippen molar-refractivity contribution in [2.24, 2.45) is 11.3 Å². The Bertz CT molecular complexity index is 500. The van der Waals surface area contributed by atoms with Crippen LogP contribution in [-0.4, -0.2) is 33.0 Å². The third-order valence-corrected chi connectivity index (χ3v) is 5.98. The van der Waals surface area contributed by atoms with Gasteiger partial charge in [0.05, 0.1) is 11.2 Å². The van der Waals surface area contributed by atoms with Gasteiger partial charge in [-0.2, -0.15) is 0 Å². The van der Waals surface area contributed by atoms with Crippen LogP contribution in [0.1, 0.15) is 39.0 Å². The Labute approximate surface area is 106 Å². The second-order valence-electron chi connectivity index (χ2n) is 7.03. The van der Waals surface area contributed by atoms with Gasteiger partial charge < -0.3 is 14.9 Å².